The first-order valence-corrected chi connectivity index (χ1v) is 8.93. The molecule has 0 fully saturated rings. The van der Waals surface area contributed by atoms with Gasteiger partial charge in [0, 0.05) is 13.2 Å². The summed E-state index contributed by atoms with van der Waals surface area (Å²) in [6.07, 6.45) is 1.40. The lowest BCUT2D eigenvalue weighted by Crippen LogP contribution is -2.34. The van der Waals surface area contributed by atoms with Crippen molar-refractivity contribution >= 4 is 26.0 Å². The van der Waals surface area contributed by atoms with Crippen LogP contribution in [0.3, 0.4) is 0 Å². The van der Waals surface area contributed by atoms with Crippen LogP contribution in [0, 0.1) is 5.41 Å². The van der Waals surface area contributed by atoms with Crippen molar-refractivity contribution in [2.24, 2.45) is 5.41 Å². The fourth-order valence-electron chi connectivity index (χ4n) is 1.83. The molecule has 0 bridgehead atoms. The zero-order chi connectivity index (χ0) is 16.1. The lowest BCUT2D eigenvalue weighted by atomic mass is 9.88. The van der Waals surface area contributed by atoms with Crippen LogP contribution in [0.15, 0.2) is 27.6 Å². The Balaban J connectivity index is 2.80. The van der Waals surface area contributed by atoms with Crippen LogP contribution in [0.1, 0.15) is 26.7 Å². The largest absolute Gasteiger partial charge is 0.496 e. The molecular formula is C14H22BrNO4S. The van der Waals surface area contributed by atoms with E-state index in [0.29, 0.717) is 23.2 Å². The number of sulfonamides is 1. The molecule has 2 N–H and O–H groups in total. The van der Waals surface area contributed by atoms with Crippen molar-refractivity contribution in [2.45, 2.75) is 31.6 Å². The molecule has 0 atom stereocenters. The van der Waals surface area contributed by atoms with Gasteiger partial charge in [0.1, 0.15) is 5.75 Å². The molecular weight excluding hydrogens is 358 g/mol. The summed E-state index contributed by atoms with van der Waals surface area (Å²) in [6.45, 7) is 4.37. The van der Waals surface area contributed by atoms with Gasteiger partial charge in [0.25, 0.3) is 0 Å². The van der Waals surface area contributed by atoms with Crippen molar-refractivity contribution in [1.29, 1.82) is 0 Å². The van der Waals surface area contributed by atoms with Crippen molar-refractivity contribution in [1.82, 2.24) is 4.72 Å². The lowest BCUT2D eigenvalue weighted by Gasteiger charge is -2.24. The fourth-order valence-corrected chi connectivity index (χ4v) is 3.79. The van der Waals surface area contributed by atoms with E-state index in [9.17, 15) is 8.42 Å². The topological polar surface area (TPSA) is 75.6 Å². The molecule has 0 aliphatic heterocycles. The van der Waals surface area contributed by atoms with E-state index >= 15 is 0 Å². The maximum atomic E-state index is 12.3. The van der Waals surface area contributed by atoms with E-state index < -0.39 is 10.0 Å². The normalized spacial score (nSPS) is 12.4. The third-order valence-electron chi connectivity index (χ3n) is 3.19. The number of benzene rings is 1. The Hall–Kier alpha value is -0.630. The minimum absolute atomic E-state index is 0.113. The van der Waals surface area contributed by atoms with E-state index in [1.54, 1.807) is 6.07 Å². The van der Waals surface area contributed by atoms with Crippen molar-refractivity contribution in [3.63, 3.8) is 0 Å². The average Bonchev–Trinajstić information content (AvgIpc) is 2.43. The maximum absolute atomic E-state index is 12.3. The molecule has 1 aromatic carbocycles. The Morgan fingerprint density at radius 3 is 2.57 bits per heavy atom. The third-order valence-corrected chi connectivity index (χ3v) is 5.20. The Morgan fingerprint density at radius 1 is 1.38 bits per heavy atom. The van der Waals surface area contributed by atoms with Crippen LogP contribution >= 0.6 is 15.9 Å². The molecule has 5 nitrogen and oxygen atoms in total. The average molecular weight is 380 g/mol. The summed E-state index contributed by atoms with van der Waals surface area (Å²) < 4.78 is 32.9. The SMILES string of the molecule is COc1ccc(S(=O)(=O)NCC(C)(C)CCCO)cc1Br. The van der Waals surface area contributed by atoms with Gasteiger partial charge in [0.2, 0.25) is 10.0 Å². The molecule has 21 heavy (non-hydrogen) atoms. The summed E-state index contributed by atoms with van der Waals surface area (Å²) in [5.74, 6) is 0.581. The molecule has 0 saturated heterocycles. The van der Waals surface area contributed by atoms with Crippen LogP contribution < -0.4 is 9.46 Å². The summed E-state index contributed by atoms with van der Waals surface area (Å²) in [4.78, 5) is 0.188. The molecule has 0 saturated carbocycles. The van der Waals surface area contributed by atoms with Crippen LogP contribution in [-0.2, 0) is 10.0 Å². The Kier molecular flexibility index (Phi) is 6.65. The number of aliphatic hydroxyl groups is 1. The molecule has 1 aromatic rings. The number of methoxy groups -OCH3 is 1. The highest BCUT2D eigenvalue weighted by Crippen LogP contribution is 2.28. The van der Waals surface area contributed by atoms with Gasteiger partial charge in [-0.15, -0.1) is 0 Å². The summed E-state index contributed by atoms with van der Waals surface area (Å²) >= 11 is 3.28. The summed E-state index contributed by atoms with van der Waals surface area (Å²) in [6, 6.07) is 4.63. The van der Waals surface area contributed by atoms with Gasteiger partial charge in [0.05, 0.1) is 16.5 Å². The molecule has 0 aromatic heterocycles. The van der Waals surface area contributed by atoms with Crippen molar-refractivity contribution in [2.75, 3.05) is 20.3 Å². The highest BCUT2D eigenvalue weighted by Gasteiger charge is 2.22. The quantitative estimate of drug-likeness (QED) is 0.727. The zero-order valence-corrected chi connectivity index (χ0v) is 14.9. The summed E-state index contributed by atoms with van der Waals surface area (Å²) in [5, 5.41) is 8.86. The predicted molar refractivity (Wildman–Crippen MR) is 86.0 cm³/mol. The first kappa shape index (κ1) is 18.4. The van der Waals surface area contributed by atoms with Gasteiger partial charge in [-0.3, -0.25) is 0 Å². The number of ether oxygens (including phenoxy) is 1. The van der Waals surface area contributed by atoms with E-state index in [2.05, 4.69) is 20.7 Å². The standard InChI is InChI=1S/C14H22BrNO4S/c1-14(2,7-4-8-17)10-16-21(18,19)11-5-6-13(20-3)12(15)9-11/h5-6,9,16-17H,4,7-8,10H2,1-3H3. The van der Waals surface area contributed by atoms with E-state index in [4.69, 9.17) is 9.84 Å². The minimum atomic E-state index is -3.56. The van der Waals surface area contributed by atoms with Crippen LogP contribution in [0.4, 0.5) is 0 Å². The first-order valence-electron chi connectivity index (χ1n) is 6.66. The lowest BCUT2D eigenvalue weighted by molar-refractivity contribution is 0.242. The number of nitrogens with one attached hydrogen (secondary N) is 1. The van der Waals surface area contributed by atoms with E-state index in [-0.39, 0.29) is 16.9 Å². The number of hydrogen-bond donors (Lipinski definition) is 2. The van der Waals surface area contributed by atoms with Crippen molar-refractivity contribution < 1.29 is 18.3 Å². The van der Waals surface area contributed by atoms with Gasteiger partial charge in [-0.1, -0.05) is 13.8 Å². The van der Waals surface area contributed by atoms with E-state index in [1.165, 1.54) is 19.2 Å². The van der Waals surface area contributed by atoms with Gasteiger partial charge in [-0.25, -0.2) is 13.1 Å². The molecule has 1 rings (SSSR count). The van der Waals surface area contributed by atoms with E-state index in [1.807, 2.05) is 13.8 Å². The highest BCUT2D eigenvalue weighted by atomic mass is 79.9. The molecule has 0 radical (unpaired) electrons. The van der Waals surface area contributed by atoms with Crippen molar-refractivity contribution in [3.05, 3.63) is 22.7 Å². The number of halogens is 1. The Bertz CT molecular complexity index is 572. The molecule has 0 aliphatic carbocycles. The van der Waals surface area contributed by atoms with Gasteiger partial charge < -0.3 is 9.84 Å². The fraction of sp³-hybridized carbons (Fsp3) is 0.571. The second-order valence-electron chi connectivity index (χ2n) is 5.61. The third kappa shape index (κ3) is 5.58. The second-order valence-corrected chi connectivity index (χ2v) is 8.23. The number of hydrogen-bond acceptors (Lipinski definition) is 4. The molecule has 0 spiro atoms. The van der Waals surface area contributed by atoms with Crippen LogP contribution in [0.25, 0.3) is 0 Å². The smallest absolute Gasteiger partial charge is 0.240 e. The van der Waals surface area contributed by atoms with Gasteiger partial charge in [0.15, 0.2) is 0 Å². The molecule has 0 aliphatic rings. The predicted octanol–water partition coefficient (Wildman–Crippen LogP) is 2.53. The second kappa shape index (κ2) is 7.58. The zero-order valence-electron chi connectivity index (χ0n) is 12.5. The monoisotopic (exact) mass is 379 g/mol. The number of rotatable bonds is 8. The van der Waals surface area contributed by atoms with E-state index in [0.717, 1.165) is 6.42 Å². The summed E-state index contributed by atoms with van der Waals surface area (Å²) in [5.41, 5.74) is -0.209. The van der Waals surface area contributed by atoms with Crippen molar-refractivity contribution in [3.8, 4) is 5.75 Å². The van der Waals surface area contributed by atoms with Crippen LogP contribution in [0.5, 0.6) is 5.75 Å². The molecule has 0 amide bonds. The molecule has 0 heterocycles. The van der Waals surface area contributed by atoms with Crippen LogP contribution in [-0.4, -0.2) is 33.8 Å². The van der Waals surface area contributed by atoms with Gasteiger partial charge in [-0.05, 0) is 52.4 Å². The van der Waals surface area contributed by atoms with Gasteiger partial charge in [-0.2, -0.15) is 0 Å². The highest BCUT2D eigenvalue weighted by molar-refractivity contribution is 9.10. The van der Waals surface area contributed by atoms with Crippen LogP contribution in [0.2, 0.25) is 0 Å². The first-order chi connectivity index (χ1) is 9.72. The van der Waals surface area contributed by atoms with Gasteiger partial charge >= 0.3 is 0 Å². The maximum Gasteiger partial charge on any atom is 0.240 e. The minimum Gasteiger partial charge on any atom is -0.496 e. The molecule has 120 valence electrons. The Morgan fingerprint density at radius 2 is 2.05 bits per heavy atom. The summed E-state index contributed by atoms with van der Waals surface area (Å²) in [7, 11) is -2.04. The Labute approximate surface area is 134 Å². The molecule has 0 unspecified atom stereocenters. The number of aliphatic hydroxyl groups excluding tert-OH is 1. The molecule has 7 heteroatoms.